The van der Waals surface area contributed by atoms with Crippen molar-refractivity contribution in [3.8, 4) is 0 Å². The molecule has 0 radical (unpaired) electrons. The molecule has 0 aliphatic rings. The van der Waals surface area contributed by atoms with Crippen LogP contribution in [-0.4, -0.2) is 28.6 Å². The minimum Gasteiger partial charge on any atom is -0.465 e. The Bertz CT molecular complexity index is 820. The van der Waals surface area contributed by atoms with Crippen molar-refractivity contribution >= 4 is 17.4 Å². The van der Waals surface area contributed by atoms with Crippen molar-refractivity contribution in [2.45, 2.75) is 6.54 Å². The minimum atomic E-state index is -0.429. The van der Waals surface area contributed by atoms with Crippen molar-refractivity contribution in [3.63, 3.8) is 0 Å². The smallest absolute Gasteiger partial charge is 0.337 e. The fourth-order valence-corrected chi connectivity index (χ4v) is 2.23. The number of nitrogens with zero attached hydrogens (tertiary/aromatic N) is 2. The Morgan fingerprint density at radius 2 is 1.87 bits per heavy atom. The molecule has 0 atom stereocenters. The van der Waals surface area contributed by atoms with Gasteiger partial charge < -0.3 is 10.1 Å². The van der Waals surface area contributed by atoms with Crippen LogP contribution in [0.2, 0.25) is 0 Å². The van der Waals surface area contributed by atoms with E-state index in [1.807, 2.05) is 30.5 Å². The highest BCUT2D eigenvalue weighted by atomic mass is 16.5. The number of nitrogens with one attached hydrogen (secondary N) is 1. The van der Waals surface area contributed by atoms with Gasteiger partial charge in [0.1, 0.15) is 0 Å². The van der Waals surface area contributed by atoms with Gasteiger partial charge in [-0.1, -0.05) is 6.07 Å². The molecule has 3 rings (SSSR count). The summed E-state index contributed by atoms with van der Waals surface area (Å²) >= 11 is 0. The zero-order valence-corrected chi connectivity index (χ0v) is 12.5. The summed E-state index contributed by atoms with van der Waals surface area (Å²) in [6, 6.07) is 14.0. The number of methoxy groups -OCH3 is 1. The van der Waals surface area contributed by atoms with Gasteiger partial charge in [0.05, 0.1) is 30.4 Å². The van der Waals surface area contributed by atoms with Crippen LogP contribution in [0.3, 0.4) is 0 Å². The molecule has 1 N–H and O–H groups in total. The molecular formula is C17H15N3O3. The molecule has 0 bridgehead atoms. The van der Waals surface area contributed by atoms with Gasteiger partial charge in [0, 0.05) is 11.8 Å². The number of aromatic nitrogens is 2. The first-order valence-electron chi connectivity index (χ1n) is 7.07. The molecule has 0 saturated heterocycles. The lowest BCUT2D eigenvalue weighted by Crippen LogP contribution is -2.23. The number of fused-ring (bicyclic) bond motifs is 1. The van der Waals surface area contributed by atoms with E-state index in [0.717, 1.165) is 11.2 Å². The molecule has 1 amide bonds. The molecule has 2 heterocycles. The van der Waals surface area contributed by atoms with Gasteiger partial charge in [0.2, 0.25) is 0 Å². The molecule has 0 saturated carbocycles. The van der Waals surface area contributed by atoms with Gasteiger partial charge in [-0.3, -0.25) is 4.79 Å². The summed E-state index contributed by atoms with van der Waals surface area (Å²) in [6.07, 6.45) is 1.85. The van der Waals surface area contributed by atoms with E-state index >= 15 is 0 Å². The number of hydrogen-bond donors (Lipinski definition) is 1. The Balaban J connectivity index is 1.65. The molecule has 0 aliphatic heterocycles. The largest absolute Gasteiger partial charge is 0.465 e. The first kappa shape index (κ1) is 14.8. The van der Waals surface area contributed by atoms with Crippen molar-refractivity contribution < 1.29 is 14.3 Å². The number of hydrogen-bond acceptors (Lipinski definition) is 4. The Kier molecular flexibility index (Phi) is 4.05. The summed E-state index contributed by atoms with van der Waals surface area (Å²) in [7, 11) is 1.32. The van der Waals surface area contributed by atoms with Gasteiger partial charge in [-0.15, -0.1) is 0 Å². The molecular weight excluding hydrogens is 294 g/mol. The molecule has 2 aromatic heterocycles. The molecule has 116 valence electrons. The predicted octanol–water partition coefficient (Wildman–Crippen LogP) is 2.05. The predicted molar refractivity (Wildman–Crippen MR) is 84.1 cm³/mol. The fourth-order valence-electron chi connectivity index (χ4n) is 2.23. The standard InChI is InChI=1S/C17H15N3O3/c1-23-17(22)13-7-5-12(6-8-13)16(21)18-11-14-10-15-4-2-3-9-20(15)19-14/h2-10H,11H2,1H3,(H,18,21). The van der Waals surface area contributed by atoms with Crippen molar-refractivity contribution in [2.75, 3.05) is 7.11 Å². The van der Waals surface area contributed by atoms with E-state index in [1.165, 1.54) is 7.11 Å². The number of carbonyl (C=O) groups is 2. The van der Waals surface area contributed by atoms with E-state index in [2.05, 4.69) is 15.2 Å². The first-order chi connectivity index (χ1) is 11.2. The number of benzene rings is 1. The van der Waals surface area contributed by atoms with Crippen LogP contribution >= 0.6 is 0 Å². The van der Waals surface area contributed by atoms with E-state index in [-0.39, 0.29) is 5.91 Å². The van der Waals surface area contributed by atoms with Crippen LogP contribution in [0.5, 0.6) is 0 Å². The molecule has 0 unspecified atom stereocenters. The van der Waals surface area contributed by atoms with Crippen LogP contribution < -0.4 is 5.32 Å². The third-order valence-electron chi connectivity index (χ3n) is 3.42. The number of rotatable bonds is 4. The Hall–Kier alpha value is -3.15. The monoisotopic (exact) mass is 309 g/mol. The quantitative estimate of drug-likeness (QED) is 0.749. The normalized spacial score (nSPS) is 10.5. The lowest BCUT2D eigenvalue weighted by molar-refractivity contribution is 0.0600. The average molecular weight is 309 g/mol. The summed E-state index contributed by atoms with van der Waals surface area (Å²) in [5.41, 5.74) is 2.63. The third-order valence-corrected chi connectivity index (χ3v) is 3.42. The van der Waals surface area contributed by atoms with E-state index in [0.29, 0.717) is 17.7 Å². The van der Waals surface area contributed by atoms with E-state index in [9.17, 15) is 9.59 Å². The lowest BCUT2D eigenvalue weighted by atomic mass is 10.1. The number of amides is 1. The Labute approximate surface area is 132 Å². The van der Waals surface area contributed by atoms with Gasteiger partial charge in [0.25, 0.3) is 5.91 Å². The van der Waals surface area contributed by atoms with Crippen LogP contribution in [0.1, 0.15) is 26.4 Å². The maximum Gasteiger partial charge on any atom is 0.337 e. The topological polar surface area (TPSA) is 72.7 Å². The van der Waals surface area contributed by atoms with Crippen molar-refractivity contribution in [3.05, 3.63) is 71.5 Å². The summed E-state index contributed by atoms with van der Waals surface area (Å²) in [4.78, 5) is 23.5. The molecule has 6 nitrogen and oxygen atoms in total. The van der Waals surface area contributed by atoms with E-state index < -0.39 is 5.97 Å². The molecule has 6 heteroatoms. The molecule has 23 heavy (non-hydrogen) atoms. The number of pyridine rings is 1. The maximum atomic E-state index is 12.1. The number of esters is 1. The molecule has 1 aromatic carbocycles. The van der Waals surface area contributed by atoms with Gasteiger partial charge >= 0.3 is 5.97 Å². The second-order valence-corrected chi connectivity index (χ2v) is 4.96. The van der Waals surface area contributed by atoms with Crippen LogP contribution in [0, 0.1) is 0 Å². The van der Waals surface area contributed by atoms with Gasteiger partial charge in [-0.05, 0) is 42.5 Å². The van der Waals surface area contributed by atoms with Crippen LogP contribution in [-0.2, 0) is 11.3 Å². The van der Waals surface area contributed by atoms with Crippen molar-refractivity contribution in [1.82, 2.24) is 14.9 Å². The SMILES string of the molecule is COC(=O)c1ccc(C(=O)NCc2cc3ccccn3n2)cc1. The van der Waals surface area contributed by atoms with E-state index in [4.69, 9.17) is 0 Å². The molecule has 3 aromatic rings. The average Bonchev–Trinajstić information content (AvgIpc) is 3.02. The Morgan fingerprint density at radius 1 is 1.13 bits per heavy atom. The second kappa shape index (κ2) is 6.31. The molecule has 0 spiro atoms. The van der Waals surface area contributed by atoms with Crippen molar-refractivity contribution in [2.24, 2.45) is 0 Å². The summed E-state index contributed by atoms with van der Waals surface area (Å²) in [5, 5.41) is 7.18. The highest BCUT2D eigenvalue weighted by Crippen LogP contribution is 2.08. The molecule has 0 aliphatic carbocycles. The van der Waals surface area contributed by atoms with Crippen molar-refractivity contribution in [1.29, 1.82) is 0 Å². The highest BCUT2D eigenvalue weighted by molar-refractivity contribution is 5.96. The zero-order valence-electron chi connectivity index (χ0n) is 12.5. The lowest BCUT2D eigenvalue weighted by Gasteiger charge is -2.04. The van der Waals surface area contributed by atoms with Crippen LogP contribution in [0.15, 0.2) is 54.7 Å². The summed E-state index contributed by atoms with van der Waals surface area (Å²) in [5.74, 6) is -0.653. The Morgan fingerprint density at radius 3 is 2.57 bits per heavy atom. The van der Waals surface area contributed by atoms with Gasteiger partial charge in [-0.2, -0.15) is 5.10 Å². The summed E-state index contributed by atoms with van der Waals surface area (Å²) < 4.78 is 6.38. The maximum absolute atomic E-state index is 12.1. The third kappa shape index (κ3) is 3.21. The van der Waals surface area contributed by atoms with Gasteiger partial charge in [-0.25, -0.2) is 9.31 Å². The van der Waals surface area contributed by atoms with Gasteiger partial charge in [0.15, 0.2) is 0 Å². The number of ether oxygens (including phenoxy) is 1. The highest BCUT2D eigenvalue weighted by Gasteiger charge is 2.09. The fraction of sp³-hybridized carbons (Fsp3) is 0.118. The first-order valence-corrected chi connectivity index (χ1v) is 7.07. The van der Waals surface area contributed by atoms with E-state index in [1.54, 1.807) is 28.8 Å². The minimum absolute atomic E-state index is 0.224. The van der Waals surface area contributed by atoms with Crippen LogP contribution in [0.4, 0.5) is 0 Å². The molecule has 0 fully saturated rings. The number of carbonyl (C=O) groups excluding carboxylic acids is 2. The summed E-state index contributed by atoms with van der Waals surface area (Å²) in [6.45, 7) is 0.333. The zero-order chi connectivity index (χ0) is 16.2. The van der Waals surface area contributed by atoms with Crippen LogP contribution in [0.25, 0.3) is 5.52 Å². The second-order valence-electron chi connectivity index (χ2n) is 4.96.